The van der Waals surface area contributed by atoms with Gasteiger partial charge in [0.25, 0.3) is 0 Å². The van der Waals surface area contributed by atoms with Gasteiger partial charge in [0.1, 0.15) is 5.02 Å². The molecule has 4 N–H and O–H groups in total. The Kier molecular flexibility index (Phi) is 6.59. The van der Waals surface area contributed by atoms with E-state index in [0.717, 1.165) is 5.56 Å². The van der Waals surface area contributed by atoms with Gasteiger partial charge in [-0.3, -0.25) is 4.68 Å². The fourth-order valence-corrected chi connectivity index (χ4v) is 2.76. The third-order valence-electron chi connectivity index (χ3n) is 3.89. The molecule has 0 saturated carbocycles. The summed E-state index contributed by atoms with van der Waals surface area (Å²) in [5.41, 5.74) is 1.73. The Morgan fingerprint density at radius 2 is 1.93 bits per heavy atom. The molecule has 142 valence electrons. The first-order chi connectivity index (χ1) is 13.2. The average Bonchev–Trinajstić information content (AvgIpc) is 3.12. The van der Waals surface area contributed by atoms with Gasteiger partial charge in [0, 0.05) is 12.8 Å². The lowest BCUT2D eigenvalue weighted by molar-refractivity contribution is 0.269. The van der Waals surface area contributed by atoms with E-state index in [9.17, 15) is 5.11 Å². The van der Waals surface area contributed by atoms with Crippen LogP contribution in [0, 0.1) is 0 Å². The van der Waals surface area contributed by atoms with Crippen molar-refractivity contribution in [3.8, 4) is 0 Å². The number of aliphatic hydroxyl groups is 2. The first-order valence-electron chi connectivity index (χ1n) is 8.55. The molecule has 2 aromatic heterocycles. The van der Waals surface area contributed by atoms with Gasteiger partial charge in [0.15, 0.2) is 5.82 Å². The van der Waals surface area contributed by atoms with Crippen molar-refractivity contribution in [3.05, 3.63) is 59.5 Å². The number of anilines is 3. The molecule has 0 aliphatic rings. The minimum atomic E-state index is -0.135. The summed E-state index contributed by atoms with van der Waals surface area (Å²) < 4.78 is 1.62. The van der Waals surface area contributed by atoms with E-state index in [2.05, 4.69) is 25.7 Å². The average molecular weight is 389 g/mol. The predicted octanol–water partition coefficient (Wildman–Crippen LogP) is 2.60. The second-order valence-electron chi connectivity index (χ2n) is 5.85. The number of aliphatic hydroxyl groups excluding tert-OH is 2. The van der Waals surface area contributed by atoms with Crippen LogP contribution < -0.4 is 10.6 Å². The van der Waals surface area contributed by atoms with E-state index in [-0.39, 0.29) is 19.3 Å². The Balaban J connectivity index is 1.77. The molecular formula is C18H21ClN6O2. The van der Waals surface area contributed by atoms with Crippen LogP contribution in [0.2, 0.25) is 5.02 Å². The fraction of sp³-hybridized carbons (Fsp3) is 0.278. The molecule has 3 aromatic rings. The van der Waals surface area contributed by atoms with Crippen molar-refractivity contribution in [1.82, 2.24) is 19.7 Å². The van der Waals surface area contributed by atoms with Crippen molar-refractivity contribution in [2.75, 3.05) is 23.8 Å². The molecule has 1 atom stereocenters. The molecule has 9 heteroatoms. The molecule has 27 heavy (non-hydrogen) atoms. The number of hydrogen-bond donors (Lipinski definition) is 4. The van der Waals surface area contributed by atoms with E-state index >= 15 is 0 Å². The molecule has 0 fully saturated rings. The summed E-state index contributed by atoms with van der Waals surface area (Å²) in [6, 6.07) is 9.66. The maximum absolute atomic E-state index is 9.40. The molecule has 0 unspecified atom stereocenters. The van der Waals surface area contributed by atoms with Gasteiger partial charge in [0.05, 0.1) is 37.3 Å². The summed E-state index contributed by atoms with van der Waals surface area (Å²) in [5, 5.41) is 29.2. The third kappa shape index (κ3) is 5.16. The number of halogens is 1. The summed E-state index contributed by atoms with van der Waals surface area (Å²) in [7, 11) is 0. The maximum Gasteiger partial charge on any atom is 0.229 e. The molecule has 0 aliphatic carbocycles. The quantitative estimate of drug-likeness (QED) is 0.446. The predicted molar refractivity (Wildman–Crippen MR) is 104 cm³/mol. The number of benzene rings is 1. The highest BCUT2D eigenvalue weighted by Gasteiger charge is 2.14. The minimum Gasteiger partial charge on any atom is -0.396 e. The van der Waals surface area contributed by atoms with E-state index in [0.29, 0.717) is 35.4 Å². The zero-order chi connectivity index (χ0) is 19.1. The van der Waals surface area contributed by atoms with Gasteiger partial charge in [-0.05, 0) is 12.0 Å². The first-order valence-corrected chi connectivity index (χ1v) is 8.92. The Hall–Kier alpha value is -2.68. The number of hydrogen-bond acceptors (Lipinski definition) is 7. The van der Waals surface area contributed by atoms with E-state index < -0.39 is 0 Å². The molecule has 2 heterocycles. The zero-order valence-corrected chi connectivity index (χ0v) is 15.3. The Morgan fingerprint density at radius 1 is 1.11 bits per heavy atom. The second-order valence-corrected chi connectivity index (χ2v) is 6.26. The van der Waals surface area contributed by atoms with Crippen LogP contribution in [-0.2, 0) is 6.54 Å². The number of nitrogens with one attached hydrogen (secondary N) is 2. The maximum atomic E-state index is 9.40. The number of rotatable bonds is 9. The lowest BCUT2D eigenvalue weighted by Gasteiger charge is -2.20. The summed E-state index contributed by atoms with van der Waals surface area (Å²) >= 11 is 6.25. The number of aromatic nitrogens is 4. The van der Waals surface area contributed by atoms with E-state index in [1.807, 2.05) is 30.3 Å². The van der Waals surface area contributed by atoms with Crippen molar-refractivity contribution in [1.29, 1.82) is 0 Å². The van der Waals surface area contributed by atoms with Crippen LogP contribution in [0.15, 0.2) is 48.9 Å². The van der Waals surface area contributed by atoms with E-state index in [1.54, 1.807) is 17.1 Å². The van der Waals surface area contributed by atoms with Crippen LogP contribution in [0.1, 0.15) is 18.0 Å². The minimum absolute atomic E-state index is 0.0123. The SMILES string of the molecule is OCC[C@@H](Nc1nc(Nc2cnn(CCO)c2)ncc1Cl)c1ccccc1. The van der Waals surface area contributed by atoms with Crippen molar-refractivity contribution < 1.29 is 10.2 Å². The second kappa shape index (κ2) is 9.31. The van der Waals surface area contributed by atoms with Crippen molar-refractivity contribution in [2.45, 2.75) is 19.0 Å². The largest absolute Gasteiger partial charge is 0.396 e. The van der Waals surface area contributed by atoms with Crippen LogP contribution in [0.5, 0.6) is 0 Å². The van der Waals surface area contributed by atoms with E-state index in [4.69, 9.17) is 16.7 Å². The molecule has 3 rings (SSSR count). The van der Waals surface area contributed by atoms with Gasteiger partial charge in [-0.1, -0.05) is 41.9 Å². The molecule has 0 saturated heterocycles. The summed E-state index contributed by atoms with van der Waals surface area (Å²) in [4.78, 5) is 8.62. The van der Waals surface area contributed by atoms with Gasteiger partial charge in [-0.2, -0.15) is 10.1 Å². The Bertz CT molecular complexity index is 858. The van der Waals surface area contributed by atoms with Gasteiger partial charge >= 0.3 is 0 Å². The molecule has 0 spiro atoms. The molecule has 0 amide bonds. The number of nitrogens with zero attached hydrogens (tertiary/aromatic N) is 4. The highest BCUT2D eigenvalue weighted by Crippen LogP contribution is 2.27. The summed E-state index contributed by atoms with van der Waals surface area (Å²) in [6.07, 6.45) is 5.40. The highest BCUT2D eigenvalue weighted by molar-refractivity contribution is 6.32. The van der Waals surface area contributed by atoms with Crippen molar-refractivity contribution in [3.63, 3.8) is 0 Å². The van der Waals surface area contributed by atoms with Gasteiger partial charge in [-0.15, -0.1) is 0 Å². The molecule has 0 aliphatic heterocycles. The summed E-state index contributed by atoms with van der Waals surface area (Å²) in [5.74, 6) is 0.834. The van der Waals surface area contributed by atoms with Crippen LogP contribution >= 0.6 is 11.6 Å². The molecule has 1 aromatic carbocycles. The Morgan fingerprint density at radius 3 is 2.67 bits per heavy atom. The molecular weight excluding hydrogens is 368 g/mol. The summed E-state index contributed by atoms with van der Waals surface area (Å²) in [6.45, 7) is 0.457. The lowest BCUT2D eigenvalue weighted by atomic mass is 10.0. The van der Waals surface area contributed by atoms with Crippen molar-refractivity contribution in [2.24, 2.45) is 0 Å². The smallest absolute Gasteiger partial charge is 0.229 e. The molecule has 8 nitrogen and oxygen atoms in total. The topological polar surface area (TPSA) is 108 Å². The van der Waals surface area contributed by atoms with Gasteiger partial charge < -0.3 is 20.8 Å². The van der Waals surface area contributed by atoms with Gasteiger partial charge in [-0.25, -0.2) is 4.98 Å². The highest BCUT2D eigenvalue weighted by atomic mass is 35.5. The molecule has 0 radical (unpaired) electrons. The van der Waals surface area contributed by atoms with Crippen LogP contribution in [0.25, 0.3) is 0 Å². The molecule has 0 bridgehead atoms. The van der Waals surface area contributed by atoms with E-state index in [1.165, 1.54) is 6.20 Å². The monoisotopic (exact) mass is 388 g/mol. The standard InChI is InChI=1S/C18H21ClN6O2/c19-15-11-20-18(22-14-10-21-25(12-14)7-9-27)24-17(15)23-16(6-8-26)13-4-2-1-3-5-13/h1-5,10-12,16,26-27H,6-9H2,(H2,20,22,23,24)/t16-/m1/s1. The zero-order valence-electron chi connectivity index (χ0n) is 14.6. The van der Waals surface area contributed by atoms with Crippen molar-refractivity contribution >= 4 is 29.1 Å². The Labute approximate surface area is 161 Å². The third-order valence-corrected chi connectivity index (χ3v) is 4.17. The fourth-order valence-electron chi connectivity index (χ4n) is 2.61. The lowest BCUT2D eigenvalue weighted by Crippen LogP contribution is -2.14. The normalized spacial score (nSPS) is 12.0. The van der Waals surface area contributed by atoms with Gasteiger partial charge in [0.2, 0.25) is 5.95 Å². The van der Waals surface area contributed by atoms with Crippen LogP contribution in [-0.4, -0.2) is 43.2 Å². The first kappa shape index (κ1) is 19.1. The van der Waals surface area contributed by atoms with Crippen LogP contribution in [0.3, 0.4) is 0 Å². The van der Waals surface area contributed by atoms with Crippen LogP contribution in [0.4, 0.5) is 17.5 Å².